The van der Waals surface area contributed by atoms with Gasteiger partial charge >= 0.3 is 0 Å². The molecule has 1 aliphatic heterocycles. The van der Waals surface area contributed by atoms with E-state index in [-0.39, 0.29) is 24.3 Å². The van der Waals surface area contributed by atoms with E-state index in [0.29, 0.717) is 32.0 Å². The van der Waals surface area contributed by atoms with Gasteiger partial charge in [-0.05, 0) is 19.3 Å². The molecular formula is C18H30N4O3. The Hall–Kier alpha value is -1.89. The van der Waals surface area contributed by atoms with E-state index in [0.717, 1.165) is 24.5 Å². The van der Waals surface area contributed by atoms with Gasteiger partial charge in [0, 0.05) is 39.4 Å². The Morgan fingerprint density at radius 2 is 2.16 bits per heavy atom. The number of rotatable bonds is 8. The molecule has 2 amide bonds. The maximum atomic E-state index is 12.5. The molecule has 0 radical (unpaired) electrons. The second kappa shape index (κ2) is 8.99. The number of ether oxygens (including phenoxy) is 1. The third-order valence-corrected chi connectivity index (χ3v) is 4.51. The van der Waals surface area contributed by atoms with Crippen molar-refractivity contribution >= 4 is 11.8 Å². The molecule has 25 heavy (non-hydrogen) atoms. The fourth-order valence-corrected chi connectivity index (χ4v) is 3.05. The van der Waals surface area contributed by atoms with Gasteiger partial charge in [0.1, 0.15) is 5.82 Å². The van der Waals surface area contributed by atoms with Gasteiger partial charge in [-0.25, -0.2) is 4.98 Å². The van der Waals surface area contributed by atoms with Crippen LogP contribution in [0.5, 0.6) is 0 Å². The van der Waals surface area contributed by atoms with Crippen LogP contribution in [0.1, 0.15) is 51.2 Å². The van der Waals surface area contributed by atoms with Crippen molar-refractivity contribution in [2.24, 2.45) is 5.92 Å². The Kier molecular flexibility index (Phi) is 6.99. The first-order chi connectivity index (χ1) is 11.9. The van der Waals surface area contributed by atoms with Crippen LogP contribution < -0.4 is 5.32 Å². The quantitative estimate of drug-likeness (QED) is 0.722. The lowest BCUT2D eigenvalue weighted by Gasteiger charge is -2.34. The first-order valence-electron chi connectivity index (χ1n) is 9.03. The van der Waals surface area contributed by atoms with Crippen molar-refractivity contribution in [3.8, 4) is 0 Å². The van der Waals surface area contributed by atoms with Gasteiger partial charge < -0.3 is 19.5 Å². The highest BCUT2D eigenvalue weighted by molar-refractivity contribution is 5.78. The highest BCUT2D eigenvalue weighted by atomic mass is 16.5. The number of amides is 2. The molecule has 0 spiro atoms. The van der Waals surface area contributed by atoms with Crippen LogP contribution in [0.2, 0.25) is 0 Å². The molecule has 1 N–H and O–H groups in total. The van der Waals surface area contributed by atoms with E-state index in [1.165, 1.54) is 0 Å². The Balaban J connectivity index is 1.96. The first-order valence-corrected chi connectivity index (χ1v) is 9.03. The van der Waals surface area contributed by atoms with Crippen LogP contribution in [-0.2, 0) is 27.3 Å². The summed E-state index contributed by atoms with van der Waals surface area (Å²) in [5.41, 5.74) is 0.744. The highest BCUT2D eigenvalue weighted by Gasteiger charge is 2.29. The van der Waals surface area contributed by atoms with Crippen molar-refractivity contribution in [2.75, 3.05) is 26.8 Å². The van der Waals surface area contributed by atoms with Gasteiger partial charge in [-0.15, -0.1) is 0 Å². The van der Waals surface area contributed by atoms with Crippen LogP contribution in [0, 0.1) is 5.92 Å². The predicted molar refractivity (Wildman–Crippen MR) is 95.0 cm³/mol. The van der Waals surface area contributed by atoms with E-state index in [9.17, 15) is 9.59 Å². The average molecular weight is 350 g/mol. The predicted octanol–water partition coefficient (Wildman–Crippen LogP) is 1.53. The molecule has 1 aromatic heterocycles. The van der Waals surface area contributed by atoms with E-state index >= 15 is 0 Å². The summed E-state index contributed by atoms with van der Waals surface area (Å²) in [4.78, 5) is 30.9. The number of imidazole rings is 1. The topological polar surface area (TPSA) is 76.5 Å². The molecule has 0 saturated heterocycles. The third kappa shape index (κ3) is 5.29. The summed E-state index contributed by atoms with van der Waals surface area (Å²) < 4.78 is 6.98. The summed E-state index contributed by atoms with van der Waals surface area (Å²) in [7, 11) is 1.60. The van der Waals surface area contributed by atoms with Gasteiger partial charge in [0.2, 0.25) is 11.8 Å². The van der Waals surface area contributed by atoms with Crippen molar-refractivity contribution in [1.29, 1.82) is 0 Å². The summed E-state index contributed by atoms with van der Waals surface area (Å²) in [6.07, 6.45) is 3.66. The van der Waals surface area contributed by atoms with Crippen molar-refractivity contribution in [3.63, 3.8) is 0 Å². The lowest BCUT2D eigenvalue weighted by molar-refractivity contribution is -0.134. The lowest BCUT2D eigenvalue weighted by Crippen LogP contribution is -2.41. The zero-order valence-corrected chi connectivity index (χ0v) is 15.7. The van der Waals surface area contributed by atoms with E-state index in [2.05, 4.69) is 28.7 Å². The summed E-state index contributed by atoms with van der Waals surface area (Å²) in [6.45, 7) is 8.68. The third-order valence-electron chi connectivity index (χ3n) is 4.51. The van der Waals surface area contributed by atoms with Crippen LogP contribution in [0.25, 0.3) is 0 Å². The number of hydrogen-bond acceptors (Lipinski definition) is 4. The summed E-state index contributed by atoms with van der Waals surface area (Å²) >= 11 is 0. The molecule has 0 unspecified atom stereocenters. The average Bonchev–Trinajstić information content (AvgIpc) is 2.96. The maximum absolute atomic E-state index is 12.5. The number of aromatic nitrogens is 2. The van der Waals surface area contributed by atoms with Gasteiger partial charge in [-0.2, -0.15) is 0 Å². The van der Waals surface area contributed by atoms with Crippen LogP contribution in [0.15, 0.2) is 6.20 Å². The molecule has 2 rings (SSSR count). The molecule has 0 bridgehead atoms. The van der Waals surface area contributed by atoms with Crippen molar-refractivity contribution in [1.82, 2.24) is 19.8 Å². The van der Waals surface area contributed by atoms with E-state index in [4.69, 9.17) is 4.74 Å². The zero-order chi connectivity index (χ0) is 18.4. The zero-order valence-electron chi connectivity index (χ0n) is 15.7. The fraction of sp³-hybridized carbons (Fsp3) is 0.722. The Morgan fingerprint density at radius 1 is 1.40 bits per heavy atom. The van der Waals surface area contributed by atoms with Gasteiger partial charge in [0.25, 0.3) is 0 Å². The monoisotopic (exact) mass is 350 g/mol. The minimum atomic E-state index is -0.0648. The van der Waals surface area contributed by atoms with Gasteiger partial charge in [-0.3, -0.25) is 9.59 Å². The molecule has 1 aromatic rings. The Labute approximate surface area is 149 Å². The molecule has 140 valence electrons. The minimum Gasteiger partial charge on any atom is -0.383 e. The molecule has 0 aliphatic carbocycles. The lowest BCUT2D eigenvalue weighted by atomic mass is 10.1. The number of carbonyl (C=O) groups is 2. The Bertz CT molecular complexity index is 597. The number of nitrogens with zero attached hydrogens (tertiary/aromatic N) is 3. The number of fused-ring (bicyclic) bond motifs is 1. The molecule has 7 nitrogen and oxygen atoms in total. The Morgan fingerprint density at radius 3 is 2.84 bits per heavy atom. The molecule has 0 fully saturated rings. The van der Waals surface area contributed by atoms with Crippen LogP contribution >= 0.6 is 0 Å². The van der Waals surface area contributed by atoms with Crippen LogP contribution in [0.4, 0.5) is 0 Å². The summed E-state index contributed by atoms with van der Waals surface area (Å²) in [6, 6.07) is -0.0567. The molecular weight excluding hydrogens is 320 g/mol. The normalized spacial score (nSPS) is 16.8. The second-order valence-corrected chi connectivity index (χ2v) is 7.00. The fourth-order valence-electron chi connectivity index (χ4n) is 3.05. The summed E-state index contributed by atoms with van der Waals surface area (Å²) in [5.74, 6) is 1.51. The van der Waals surface area contributed by atoms with Crippen LogP contribution in [-0.4, -0.2) is 53.1 Å². The van der Waals surface area contributed by atoms with Crippen molar-refractivity contribution in [3.05, 3.63) is 17.7 Å². The molecule has 2 heterocycles. The molecule has 0 aromatic carbocycles. The van der Waals surface area contributed by atoms with E-state index in [1.807, 2.05) is 18.0 Å². The van der Waals surface area contributed by atoms with Gasteiger partial charge in [0.15, 0.2) is 0 Å². The molecule has 1 aliphatic rings. The number of carbonyl (C=O) groups excluding carboxylic acids is 2. The maximum Gasteiger partial charge on any atom is 0.226 e. The number of hydrogen-bond donors (Lipinski definition) is 1. The molecule has 1 atom stereocenters. The smallest absolute Gasteiger partial charge is 0.226 e. The molecule has 7 heteroatoms. The van der Waals surface area contributed by atoms with Crippen LogP contribution in [0.3, 0.4) is 0 Å². The number of nitrogens with one attached hydrogen (secondary N) is 1. The van der Waals surface area contributed by atoms with Crippen molar-refractivity contribution in [2.45, 2.75) is 52.6 Å². The molecule has 0 saturated carbocycles. The highest BCUT2D eigenvalue weighted by Crippen LogP contribution is 2.26. The first kappa shape index (κ1) is 19.4. The van der Waals surface area contributed by atoms with Gasteiger partial charge in [0.05, 0.1) is 24.8 Å². The van der Waals surface area contributed by atoms with Gasteiger partial charge in [-0.1, -0.05) is 13.8 Å². The largest absolute Gasteiger partial charge is 0.383 e. The number of methoxy groups -OCH3 is 1. The minimum absolute atomic E-state index is 0.0567. The SMILES string of the molecule is COCCNC(=O)Cc1cn2c(n1)[C@@H](C)N(C(=O)CCC(C)C)CC2. The standard InChI is InChI=1S/C18H30N4O3/c1-13(2)5-6-17(24)22-9-8-21-12-15(20-18(21)14(22)3)11-16(23)19-7-10-25-4/h12-14H,5-11H2,1-4H3,(H,19,23)/t14-/m1/s1. The second-order valence-electron chi connectivity index (χ2n) is 7.00. The van der Waals surface area contributed by atoms with E-state index < -0.39 is 0 Å². The van der Waals surface area contributed by atoms with Crippen molar-refractivity contribution < 1.29 is 14.3 Å². The summed E-state index contributed by atoms with van der Waals surface area (Å²) in [5, 5.41) is 2.80. The van der Waals surface area contributed by atoms with E-state index in [1.54, 1.807) is 7.11 Å².